The molecular formula is C25H27N3O3. The third-order valence-electron chi connectivity index (χ3n) is 5.84. The van der Waals surface area contributed by atoms with Crippen LogP contribution in [0.15, 0.2) is 60.8 Å². The highest BCUT2D eigenvalue weighted by Gasteiger charge is 2.28. The Balaban J connectivity index is 1.37. The van der Waals surface area contributed by atoms with Gasteiger partial charge in [-0.05, 0) is 69.5 Å². The van der Waals surface area contributed by atoms with Gasteiger partial charge in [0.05, 0.1) is 11.2 Å². The summed E-state index contributed by atoms with van der Waals surface area (Å²) in [5.41, 5.74) is 1.92. The molecule has 1 N–H and O–H groups in total. The van der Waals surface area contributed by atoms with Crippen molar-refractivity contribution in [1.29, 1.82) is 0 Å². The second-order valence-corrected chi connectivity index (χ2v) is 8.08. The van der Waals surface area contributed by atoms with Gasteiger partial charge < -0.3 is 15.0 Å². The van der Waals surface area contributed by atoms with Crippen molar-refractivity contribution in [2.45, 2.75) is 45.2 Å². The number of hydrogen-bond donors (Lipinski definition) is 1. The van der Waals surface area contributed by atoms with Gasteiger partial charge in [-0.1, -0.05) is 18.2 Å². The third kappa shape index (κ3) is 4.68. The summed E-state index contributed by atoms with van der Waals surface area (Å²) in [6.45, 7) is 4.18. The molecule has 6 nitrogen and oxygen atoms in total. The molecule has 31 heavy (non-hydrogen) atoms. The zero-order valence-electron chi connectivity index (χ0n) is 17.9. The van der Waals surface area contributed by atoms with Gasteiger partial charge >= 0.3 is 0 Å². The van der Waals surface area contributed by atoms with Crippen molar-refractivity contribution in [2.75, 3.05) is 11.9 Å². The van der Waals surface area contributed by atoms with Crippen LogP contribution in [0.1, 0.15) is 43.5 Å². The zero-order valence-corrected chi connectivity index (χ0v) is 17.9. The van der Waals surface area contributed by atoms with E-state index in [1.165, 1.54) is 0 Å². The minimum Gasteiger partial charge on any atom is -0.484 e. The van der Waals surface area contributed by atoms with Gasteiger partial charge in [-0.3, -0.25) is 14.6 Å². The number of pyridine rings is 1. The van der Waals surface area contributed by atoms with E-state index in [4.69, 9.17) is 4.74 Å². The molecule has 1 aromatic heterocycles. The summed E-state index contributed by atoms with van der Waals surface area (Å²) < 4.78 is 5.70. The van der Waals surface area contributed by atoms with Gasteiger partial charge in [0.1, 0.15) is 5.75 Å². The number of anilines is 1. The minimum absolute atomic E-state index is 0.00188. The number of hydrogen-bond acceptors (Lipinski definition) is 4. The SMILES string of the molecule is CC1CCCC(C)N1C(=O)COc1ccc(C(=O)Nc2cccc3cccnc23)cc1. The number of benzene rings is 2. The molecular weight excluding hydrogens is 390 g/mol. The molecule has 0 radical (unpaired) electrons. The molecule has 4 rings (SSSR count). The van der Waals surface area contributed by atoms with Crippen molar-refractivity contribution in [2.24, 2.45) is 0 Å². The number of rotatable bonds is 5. The summed E-state index contributed by atoms with van der Waals surface area (Å²) in [7, 11) is 0. The van der Waals surface area contributed by atoms with Crippen LogP contribution in [0.3, 0.4) is 0 Å². The quantitative estimate of drug-likeness (QED) is 0.656. The van der Waals surface area contributed by atoms with E-state index >= 15 is 0 Å². The first-order chi connectivity index (χ1) is 15.0. The molecule has 6 heteroatoms. The van der Waals surface area contributed by atoms with Crippen molar-refractivity contribution in [3.8, 4) is 5.75 Å². The van der Waals surface area contributed by atoms with Crippen LogP contribution >= 0.6 is 0 Å². The van der Waals surface area contributed by atoms with Crippen molar-refractivity contribution in [3.05, 3.63) is 66.4 Å². The molecule has 1 aliphatic rings. The zero-order chi connectivity index (χ0) is 21.8. The van der Waals surface area contributed by atoms with Gasteiger partial charge in [-0.15, -0.1) is 0 Å². The normalized spacial score (nSPS) is 18.6. The standard InChI is InChI=1S/C25H27N3O3/c1-17-6-3-7-18(2)28(17)23(29)16-31-21-13-11-20(12-14-21)25(30)27-22-10-4-8-19-9-5-15-26-24(19)22/h4-5,8-15,17-18H,3,6-7,16H2,1-2H3,(H,27,30). The first-order valence-electron chi connectivity index (χ1n) is 10.7. The van der Waals surface area contributed by atoms with Crippen LogP contribution in [0.5, 0.6) is 5.75 Å². The molecule has 2 heterocycles. The summed E-state index contributed by atoms with van der Waals surface area (Å²) >= 11 is 0. The molecule has 2 unspecified atom stereocenters. The molecule has 2 aromatic carbocycles. The van der Waals surface area contributed by atoms with E-state index in [0.717, 1.165) is 30.2 Å². The maximum atomic E-state index is 12.7. The molecule has 1 fully saturated rings. The Morgan fingerprint density at radius 3 is 2.48 bits per heavy atom. The largest absolute Gasteiger partial charge is 0.484 e. The van der Waals surface area contributed by atoms with Crippen molar-refractivity contribution < 1.29 is 14.3 Å². The van der Waals surface area contributed by atoms with Gasteiger partial charge in [-0.25, -0.2) is 0 Å². The molecule has 0 aliphatic carbocycles. The third-order valence-corrected chi connectivity index (χ3v) is 5.84. The Labute approximate surface area is 182 Å². The van der Waals surface area contributed by atoms with Gasteiger partial charge in [0.15, 0.2) is 6.61 Å². The van der Waals surface area contributed by atoms with Crippen molar-refractivity contribution >= 4 is 28.4 Å². The number of nitrogens with zero attached hydrogens (tertiary/aromatic N) is 2. The average molecular weight is 418 g/mol. The number of carbonyl (C=O) groups excluding carboxylic acids is 2. The first kappa shape index (κ1) is 20.8. The number of nitrogens with one attached hydrogen (secondary N) is 1. The number of piperidine rings is 1. The monoisotopic (exact) mass is 417 g/mol. The van der Waals surface area contributed by atoms with Crippen molar-refractivity contribution in [1.82, 2.24) is 9.88 Å². The van der Waals surface area contributed by atoms with Crippen LogP contribution in [0.25, 0.3) is 10.9 Å². The van der Waals surface area contributed by atoms with Crippen LogP contribution < -0.4 is 10.1 Å². The fourth-order valence-electron chi connectivity index (χ4n) is 4.23. The lowest BCUT2D eigenvalue weighted by molar-refractivity contribution is -0.139. The minimum atomic E-state index is -0.225. The number of ether oxygens (including phenoxy) is 1. The highest BCUT2D eigenvalue weighted by Crippen LogP contribution is 2.24. The smallest absolute Gasteiger partial charge is 0.260 e. The molecule has 2 amide bonds. The topological polar surface area (TPSA) is 71.5 Å². The molecule has 0 bridgehead atoms. The van der Waals surface area contributed by atoms with E-state index in [1.54, 1.807) is 30.5 Å². The van der Waals surface area contributed by atoms with E-state index in [9.17, 15) is 9.59 Å². The van der Waals surface area contributed by atoms with E-state index < -0.39 is 0 Å². The second kappa shape index (κ2) is 9.16. The summed E-state index contributed by atoms with van der Waals surface area (Å²) in [6.07, 6.45) is 4.93. The lowest BCUT2D eigenvalue weighted by Crippen LogP contribution is -2.49. The predicted molar refractivity (Wildman–Crippen MR) is 121 cm³/mol. The van der Waals surface area contributed by atoms with Gasteiger partial charge in [-0.2, -0.15) is 0 Å². The summed E-state index contributed by atoms with van der Waals surface area (Å²) in [4.78, 5) is 31.6. The van der Waals surface area contributed by atoms with Crippen LogP contribution in [0, 0.1) is 0 Å². The Morgan fingerprint density at radius 1 is 1.03 bits per heavy atom. The fourth-order valence-corrected chi connectivity index (χ4v) is 4.23. The number of fused-ring (bicyclic) bond motifs is 1. The van der Waals surface area contributed by atoms with Gasteiger partial charge in [0, 0.05) is 29.2 Å². The number of para-hydroxylation sites is 1. The Bertz CT molecular complexity index is 1070. The number of amides is 2. The molecule has 1 aliphatic heterocycles. The number of carbonyl (C=O) groups is 2. The van der Waals surface area contributed by atoms with Gasteiger partial charge in [0.2, 0.25) is 0 Å². The van der Waals surface area contributed by atoms with E-state index in [-0.39, 0.29) is 30.5 Å². The van der Waals surface area contributed by atoms with Crippen LogP contribution in [-0.2, 0) is 4.79 Å². The Morgan fingerprint density at radius 2 is 1.74 bits per heavy atom. The second-order valence-electron chi connectivity index (χ2n) is 8.08. The van der Waals surface area contributed by atoms with Crippen molar-refractivity contribution in [3.63, 3.8) is 0 Å². The lowest BCUT2D eigenvalue weighted by atomic mass is 9.97. The average Bonchev–Trinajstić information content (AvgIpc) is 2.78. The molecule has 1 saturated heterocycles. The Kier molecular flexibility index (Phi) is 6.16. The first-order valence-corrected chi connectivity index (χ1v) is 10.7. The molecule has 2 atom stereocenters. The molecule has 0 saturated carbocycles. The van der Waals surface area contributed by atoms with E-state index in [1.807, 2.05) is 35.2 Å². The molecule has 160 valence electrons. The lowest BCUT2D eigenvalue weighted by Gasteiger charge is -2.38. The maximum absolute atomic E-state index is 12.7. The number of likely N-dealkylation sites (tertiary alicyclic amines) is 1. The highest BCUT2D eigenvalue weighted by atomic mass is 16.5. The van der Waals surface area contributed by atoms with Crippen LogP contribution in [0.2, 0.25) is 0 Å². The fraction of sp³-hybridized carbons (Fsp3) is 0.320. The molecule has 3 aromatic rings. The Hall–Kier alpha value is -3.41. The highest BCUT2D eigenvalue weighted by molar-refractivity contribution is 6.08. The van der Waals surface area contributed by atoms with Crippen LogP contribution in [-0.4, -0.2) is 40.4 Å². The summed E-state index contributed by atoms with van der Waals surface area (Å²) in [5.74, 6) is 0.343. The van der Waals surface area contributed by atoms with Crippen LogP contribution in [0.4, 0.5) is 5.69 Å². The van der Waals surface area contributed by atoms with Gasteiger partial charge in [0.25, 0.3) is 11.8 Å². The summed E-state index contributed by atoms with van der Waals surface area (Å²) in [6, 6.07) is 16.8. The predicted octanol–water partition coefficient (Wildman–Crippen LogP) is 4.66. The maximum Gasteiger partial charge on any atom is 0.260 e. The van der Waals surface area contributed by atoms with E-state index in [0.29, 0.717) is 17.0 Å². The molecule has 0 spiro atoms. The summed E-state index contributed by atoms with van der Waals surface area (Å²) in [5, 5.41) is 3.88. The van der Waals surface area contributed by atoms with E-state index in [2.05, 4.69) is 24.1 Å². The number of aromatic nitrogens is 1.